The molecule has 0 aliphatic carbocycles. The number of esters is 1. The highest BCUT2D eigenvalue weighted by Gasteiger charge is 2.24. The molecule has 19 heavy (non-hydrogen) atoms. The van der Waals surface area contributed by atoms with Crippen LogP contribution in [0.4, 0.5) is 0 Å². The molecule has 0 saturated carbocycles. The predicted molar refractivity (Wildman–Crippen MR) is 71.6 cm³/mol. The summed E-state index contributed by atoms with van der Waals surface area (Å²) in [4.78, 5) is 24.3. The smallest absolute Gasteiger partial charge is 0.348 e. The Labute approximate surface area is 115 Å². The van der Waals surface area contributed by atoms with E-state index in [-0.39, 0.29) is 18.1 Å². The number of nitrogens with one attached hydrogen (secondary N) is 1. The minimum Gasteiger partial charge on any atom is -0.465 e. The van der Waals surface area contributed by atoms with Crippen molar-refractivity contribution in [2.45, 2.75) is 31.9 Å². The van der Waals surface area contributed by atoms with E-state index in [0.29, 0.717) is 9.75 Å². The second-order valence-corrected chi connectivity index (χ2v) is 5.55. The van der Waals surface area contributed by atoms with Crippen molar-refractivity contribution in [2.75, 3.05) is 13.7 Å². The number of hydrogen-bond donors (Lipinski definition) is 1. The fourth-order valence-corrected chi connectivity index (χ4v) is 2.87. The van der Waals surface area contributed by atoms with Crippen LogP contribution in [0.3, 0.4) is 0 Å². The maximum Gasteiger partial charge on any atom is 0.348 e. The summed E-state index contributed by atoms with van der Waals surface area (Å²) < 4.78 is 10.1. The van der Waals surface area contributed by atoms with Crippen LogP contribution in [-0.4, -0.2) is 37.7 Å². The molecule has 0 aromatic carbocycles. The Hall–Kier alpha value is -1.40. The highest BCUT2D eigenvalue weighted by Crippen LogP contribution is 2.19. The molecule has 1 aromatic heterocycles. The van der Waals surface area contributed by atoms with E-state index in [1.165, 1.54) is 7.11 Å². The standard InChI is InChI=1S/C13H17NO4S/c1-8(9-4-3-7-18-9)14-12(15)10-5-6-11(19-10)13(16)17-2/h5-6,8-9H,3-4,7H2,1-2H3,(H,14,15)/t8-,9+/m1/s1. The molecule has 1 saturated heterocycles. The Morgan fingerprint density at radius 1 is 1.47 bits per heavy atom. The number of ether oxygens (including phenoxy) is 2. The molecule has 5 nitrogen and oxygen atoms in total. The van der Waals surface area contributed by atoms with Gasteiger partial charge in [0.1, 0.15) is 4.88 Å². The van der Waals surface area contributed by atoms with Gasteiger partial charge in [0, 0.05) is 6.61 Å². The Morgan fingerprint density at radius 3 is 2.84 bits per heavy atom. The first-order chi connectivity index (χ1) is 9.11. The zero-order chi connectivity index (χ0) is 13.8. The zero-order valence-corrected chi connectivity index (χ0v) is 11.8. The molecular weight excluding hydrogens is 266 g/mol. The van der Waals surface area contributed by atoms with E-state index in [9.17, 15) is 9.59 Å². The number of methoxy groups -OCH3 is 1. The summed E-state index contributed by atoms with van der Waals surface area (Å²) in [6, 6.07) is 3.20. The van der Waals surface area contributed by atoms with Gasteiger partial charge in [-0.15, -0.1) is 11.3 Å². The van der Waals surface area contributed by atoms with E-state index in [1.54, 1.807) is 12.1 Å². The van der Waals surface area contributed by atoms with Crippen molar-refractivity contribution in [3.63, 3.8) is 0 Å². The molecule has 0 bridgehead atoms. The fourth-order valence-electron chi connectivity index (χ4n) is 2.04. The number of thiophene rings is 1. The van der Waals surface area contributed by atoms with Gasteiger partial charge in [0.15, 0.2) is 0 Å². The summed E-state index contributed by atoms with van der Waals surface area (Å²) in [7, 11) is 1.32. The van der Waals surface area contributed by atoms with Crippen molar-refractivity contribution in [3.05, 3.63) is 21.9 Å². The van der Waals surface area contributed by atoms with Crippen LogP contribution in [0.5, 0.6) is 0 Å². The third-order valence-corrected chi connectivity index (χ3v) is 4.16. The SMILES string of the molecule is COC(=O)c1ccc(C(=O)N[C@H](C)[C@@H]2CCCO2)s1. The summed E-state index contributed by atoms with van der Waals surface area (Å²) in [5, 5.41) is 2.90. The van der Waals surface area contributed by atoms with Crippen molar-refractivity contribution < 1.29 is 19.1 Å². The number of amides is 1. The summed E-state index contributed by atoms with van der Waals surface area (Å²) >= 11 is 1.13. The summed E-state index contributed by atoms with van der Waals surface area (Å²) in [6.07, 6.45) is 2.10. The van der Waals surface area contributed by atoms with Crippen molar-refractivity contribution >= 4 is 23.2 Å². The van der Waals surface area contributed by atoms with Crippen molar-refractivity contribution in [1.82, 2.24) is 5.32 Å². The Balaban J connectivity index is 1.95. The molecule has 1 aliphatic rings. The average Bonchev–Trinajstić information content (AvgIpc) is 3.08. The molecule has 104 valence electrons. The maximum absolute atomic E-state index is 12.0. The van der Waals surface area contributed by atoms with Gasteiger partial charge in [-0.2, -0.15) is 0 Å². The molecule has 1 aliphatic heterocycles. The average molecular weight is 283 g/mol. The largest absolute Gasteiger partial charge is 0.465 e. The van der Waals surface area contributed by atoms with Gasteiger partial charge >= 0.3 is 5.97 Å². The van der Waals surface area contributed by atoms with Gasteiger partial charge in [0.05, 0.1) is 24.1 Å². The highest BCUT2D eigenvalue weighted by molar-refractivity contribution is 7.15. The number of hydrogen-bond acceptors (Lipinski definition) is 5. The monoisotopic (exact) mass is 283 g/mol. The first-order valence-corrected chi connectivity index (χ1v) is 7.04. The van der Waals surface area contributed by atoms with Crippen LogP contribution in [0.1, 0.15) is 39.1 Å². The van der Waals surface area contributed by atoms with Gasteiger partial charge in [-0.25, -0.2) is 4.79 Å². The molecule has 2 heterocycles. The van der Waals surface area contributed by atoms with E-state index in [1.807, 2.05) is 6.92 Å². The molecule has 2 rings (SSSR count). The van der Waals surface area contributed by atoms with Crippen molar-refractivity contribution in [3.8, 4) is 0 Å². The quantitative estimate of drug-likeness (QED) is 0.856. The molecule has 1 fully saturated rings. The van der Waals surface area contributed by atoms with Crippen molar-refractivity contribution in [2.24, 2.45) is 0 Å². The Kier molecular flexibility index (Phi) is 4.55. The van der Waals surface area contributed by atoms with Gasteiger partial charge in [0.2, 0.25) is 0 Å². The minimum absolute atomic E-state index is 0.0290. The molecular formula is C13H17NO4S. The molecule has 0 radical (unpaired) electrons. The number of carbonyl (C=O) groups excluding carboxylic acids is 2. The van der Waals surface area contributed by atoms with Crippen LogP contribution in [-0.2, 0) is 9.47 Å². The van der Waals surface area contributed by atoms with Crippen LogP contribution < -0.4 is 5.32 Å². The summed E-state index contributed by atoms with van der Waals surface area (Å²) in [5.41, 5.74) is 0. The second kappa shape index (κ2) is 6.16. The molecule has 1 N–H and O–H groups in total. The van der Waals surface area contributed by atoms with Crippen molar-refractivity contribution in [1.29, 1.82) is 0 Å². The second-order valence-electron chi connectivity index (χ2n) is 4.47. The van der Waals surface area contributed by atoms with Gasteiger partial charge < -0.3 is 14.8 Å². The van der Waals surface area contributed by atoms with Crippen LogP contribution in [0, 0.1) is 0 Å². The molecule has 0 spiro atoms. The van der Waals surface area contributed by atoms with E-state index in [0.717, 1.165) is 30.8 Å². The Morgan fingerprint density at radius 2 is 2.21 bits per heavy atom. The van der Waals surface area contributed by atoms with Gasteiger partial charge in [0.25, 0.3) is 5.91 Å². The van der Waals surface area contributed by atoms with Gasteiger partial charge in [-0.1, -0.05) is 0 Å². The minimum atomic E-state index is -0.420. The zero-order valence-electron chi connectivity index (χ0n) is 11.0. The number of rotatable bonds is 4. The third kappa shape index (κ3) is 3.33. The fraction of sp³-hybridized carbons (Fsp3) is 0.538. The van der Waals surface area contributed by atoms with Crippen LogP contribution >= 0.6 is 11.3 Å². The lowest BCUT2D eigenvalue weighted by Gasteiger charge is -2.19. The van der Waals surface area contributed by atoms with Gasteiger partial charge in [-0.3, -0.25) is 4.79 Å². The highest BCUT2D eigenvalue weighted by atomic mass is 32.1. The first kappa shape index (κ1) is 14.0. The lowest BCUT2D eigenvalue weighted by atomic mass is 10.1. The first-order valence-electron chi connectivity index (χ1n) is 6.22. The third-order valence-electron chi connectivity index (χ3n) is 3.10. The van der Waals surface area contributed by atoms with Crippen LogP contribution in [0.15, 0.2) is 12.1 Å². The summed E-state index contributed by atoms with van der Waals surface area (Å²) in [6.45, 7) is 2.69. The molecule has 6 heteroatoms. The lowest BCUT2D eigenvalue weighted by molar-refractivity contribution is 0.0606. The lowest BCUT2D eigenvalue weighted by Crippen LogP contribution is -2.40. The normalized spacial score (nSPS) is 20.0. The van der Waals surface area contributed by atoms with E-state index < -0.39 is 5.97 Å². The predicted octanol–water partition coefficient (Wildman–Crippen LogP) is 1.83. The molecule has 1 aromatic rings. The van der Waals surface area contributed by atoms with Crippen LogP contribution in [0.25, 0.3) is 0 Å². The molecule has 0 unspecified atom stereocenters. The van der Waals surface area contributed by atoms with Crippen LogP contribution in [0.2, 0.25) is 0 Å². The van der Waals surface area contributed by atoms with E-state index >= 15 is 0 Å². The number of carbonyl (C=O) groups is 2. The molecule has 1 amide bonds. The topological polar surface area (TPSA) is 64.6 Å². The van der Waals surface area contributed by atoms with E-state index in [4.69, 9.17) is 4.74 Å². The maximum atomic E-state index is 12.0. The van der Waals surface area contributed by atoms with Gasteiger partial charge in [-0.05, 0) is 31.9 Å². The molecule has 2 atom stereocenters. The summed E-state index contributed by atoms with van der Waals surface area (Å²) in [5.74, 6) is -0.598. The van der Waals surface area contributed by atoms with E-state index in [2.05, 4.69) is 10.1 Å². The Bertz CT molecular complexity index is 465.